The molecule has 0 radical (unpaired) electrons. The first-order valence-electron chi connectivity index (χ1n) is 9.00. The van der Waals surface area contributed by atoms with Crippen molar-refractivity contribution in [3.8, 4) is 17.1 Å². The van der Waals surface area contributed by atoms with Crippen LogP contribution in [0.1, 0.15) is 27.6 Å². The van der Waals surface area contributed by atoms with Crippen LogP contribution in [0.5, 0.6) is 0 Å². The summed E-state index contributed by atoms with van der Waals surface area (Å²) in [4.78, 5) is 17.0. The van der Waals surface area contributed by atoms with Gasteiger partial charge in [-0.1, -0.05) is 32.7 Å². The molecule has 0 atom stereocenters. The number of esters is 1. The van der Waals surface area contributed by atoms with Crippen LogP contribution >= 0.6 is 27.5 Å². The molecule has 2 aromatic heterocycles. The van der Waals surface area contributed by atoms with Crippen LogP contribution in [0, 0.1) is 13.8 Å². The number of halogens is 2. The molecule has 0 fully saturated rings. The summed E-state index contributed by atoms with van der Waals surface area (Å²) in [5.41, 5.74) is 2.85. The zero-order valence-corrected chi connectivity index (χ0v) is 18.4. The van der Waals surface area contributed by atoms with E-state index < -0.39 is 5.97 Å². The van der Waals surface area contributed by atoms with Crippen LogP contribution in [0.25, 0.3) is 17.1 Å². The van der Waals surface area contributed by atoms with E-state index in [4.69, 9.17) is 20.8 Å². The van der Waals surface area contributed by atoms with Gasteiger partial charge in [0, 0.05) is 15.1 Å². The van der Waals surface area contributed by atoms with E-state index in [0.29, 0.717) is 28.1 Å². The Labute approximate surface area is 185 Å². The Hall–Kier alpha value is -2.97. The van der Waals surface area contributed by atoms with E-state index >= 15 is 0 Å². The summed E-state index contributed by atoms with van der Waals surface area (Å²) in [6, 6.07) is 14.7. The predicted octanol–water partition coefficient (Wildman–Crippen LogP) is 5.31. The molecule has 152 valence electrons. The van der Waals surface area contributed by atoms with E-state index in [9.17, 15) is 4.79 Å². The predicted molar refractivity (Wildman–Crippen MR) is 115 cm³/mol. The molecule has 0 spiro atoms. The molecule has 9 heteroatoms. The highest BCUT2D eigenvalue weighted by Crippen LogP contribution is 2.24. The van der Waals surface area contributed by atoms with Gasteiger partial charge in [0.25, 0.3) is 0 Å². The second kappa shape index (κ2) is 8.41. The van der Waals surface area contributed by atoms with Crippen molar-refractivity contribution in [2.24, 2.45) is 0 Å². The minimum Gasteiger partial charge on any atom is -0.454 e. The summed E-state index contributed by atoms with van der Waals surface area (Å²) in [5, 5.41) is 8.67. The normalized spacial score (nSPS) is 10.9. The van der Waals surface area contributed by atoms with Crippen LogP contribution in [-0.2, 0) is 11.3 Å². The zero-order valence-electron chi connectivity index (χ0n) is 16.1. The van der Waals surface area contributed by atoms with Crippen molar-refractivity contribution < 1.29 is 13.9 Å². The molecule has 4 rings (SSSR count). The fourth-order valence-corrected chi connectivity index (χ4v) is 3.22. The summed E-state index contributed by atoms with van der Waals surface area (Å²) in [6.07, 6.45) is 0. The Morgan fingerprint density at radius 2 is 1.83 bits per heavy atom. The van der Waals surface area contributed by atoms with E-state index in [-0.39, 0.29) is 12.3 Å². The number of aryl methyl sites for hydroxylation is 1. The first-order chi connectivity index (χ1) is 14.4. The van der Waals surface area contributed by atoms with Crippen molar-refractivity contribution in [1.82, 2.24) is 20.0 Å². The van der Waals surface area contributed by atoms with Gasteiger partial charge in [-0.05, 0) is 62.4 Å². The van der Waals surface area contributed by atoms with E-state index in [2.05, 4.69) is 31.2 Å². The van der Waals surface area contributed by atoms with E-state index in [1.54, 1.807) is 30.7 Å². The summed E-state index contributed by atoms with van der Waals surface area (Å²) in [5.74, 6) is 0.432. The third kappa shape index (κ3) is 4.15. The van der Waals surface area contributed by atoms with Crippen molar-refractivity contribution in [2.75, 3.05) is 0 Å². The van der Waals surface area contributed by atoms with Crippen molar-refractivity contribution in [3.63, 3.8) is 0 Å². The lowest BCUT2D eigenvalue weighted by atomic mass is 10.2. The number of benzene rings is 2. The van der Waals surface area contributed by atoms with Crippen LogP contribution in [0.4, 0.5) is 0 Å². The number of rotatable bonds is 5. The standard InChI is InChI=1S/C21H16BrClN4O3/c1-12-19(25-26-27(12)17-9-5-15(22)6-10-17)21(28)29-11-18-13(2)30-20(24-18)14-3-7-16(23)8-4-14/h3-10H,11H2,1-2H3. The Morgan fingerprint density at radius 1 is 1.13 bits per heavy atom. The van der Waals surface area contributed by atoms with Gasteiger partial charge < -0.3 is 9.15 Å². The van der Waals surface area contributed by atoms with Gasteiger partial charge in [0.2, 0.25) is 5.89 Å². The Bertz CT molecular complexity index is 1200. The maximum Gasteiger partial charge on any atom is 0.361 e. The smallest absolute Gasteiger partial charge is 0.361 e. The maximum atomic E-state index is 12.5. The summed E-state index contributed by atoms with van der Waals surface area (Å²) >= 11 is 9.31. The Morgan fingerprint density at radius 3 is 2.53 bits per heavy atom. The molecule has 2 heterocycles. The molecule has 2 aromatic carbocycles. The van der Waals surface area contributed by atoms with Gasteiger partial charge >= 0.3 is 5.97 Å². The zero-order chi connectivity index (χ0) is 21.3. The van der Waals surface area contributed by atoms with Crippen LogP contribution in [-0.4, -0.2) is 25.9 Å². The Kier molecular flexibility index (Phi) is 5.69. The van der Waals surface area contributed by atoms with Gasteiger partial charge in [-0.2, -0.15) is 0 Å². The van der Waals surface area contributed by atoms with Gasteiger partial charge in [0.15, 0.2) is 5.69 Å². The minimum absolute atomic E-state index is 0.0354. The second-order valence-electron chi connectivity index (χ2n) is 6.52. The molecule has 0 unspecified atom stereocenters. The van der Waals surface area contributed by atoms with Crippen molar-refractivity contribution in [3.05, 3.63) is 80.9 Å². The SMILES string of the molecule is Cc1oc(-c2ccc(Cl)cc2)nc1COC(=O)c1nnn(-c2ccc(Br)cc2)c1C. The number of nitrogens with zero attached hydrogens (tertiary/aromatic N) is 4. The van der Waals surface area contributed by atoms with E-state index in [1.807, 2.05) is 36.4 Å². The highest BCUT2D eigenvalue weighted by Gasteiger charge is 2.20. The molecule has 30 heavy (non-hydrogen) atoms. The summed E-state index contributed by atoms with van der Waals surface area (Å²) < 4.78 is 13.6. The number of hydrogen-bond donors (Lipinski definition) is 0. The van der Waals surface area contributed by atoms with E-state index in [1.165, 1.54) is 0 Å². The van der Waals surface area contributed by atoms with E-state index in [0.717, 1.165) is 15.7 Å². The number of carbonyl (C=O) groups excluding carboxylic acids is 1. The van der Waals surface area contributed by atoms with Gasteiger partial charge in [-0.15, -0.1) is 5.10 Å². The molecule has 0 aliphatic carbocycles. The van der Waals surface area contributed by atoms with Gasteiger partial charge in [0.05, 0.1) is 11.4 Å². The van der Waals surface area contributed by atoms with Gasteiger partial charge in [-0.3, -0.25) is 0 Å². The lowest BCUT2D eigenvalue weighted by Gasteiger charge is -2.04. The van der Waals surface area contributed by atoms with Crippen molar-refractivity contribution in [2.45, 2.75) is 20.5 Å². The highest BCUT2D eigenvalue weighted by atomic mass is 79.9. The lowest BCUT2D eigenvalue weighted by molar-refractivity contribution is 0.0459. The lowest BCUT2D eigenvalue weighted by Crippen LogP contribution is -2.09. The molecule has 0 aliphatic rings. The molecule has 4 aromatic rings. The van der Waals surface area contributed by atoms with Crippen molar-refractivity contribution >= 4 is 33.5 Å². The molecule has 0 N–H and O–H groups in total. The van der Waals surface area contributed by atoms with Crippen LogP contribution in [0.15, 0.2) is 57.4 Å². The second-order valence-corrected chi connectivity index (χ2v) is 7.87. The topological polar surface area (TPSA) is 83.0 Å². The van der Waals surface area contributed by atoms with Crippen LogP contribution in [0.3, 0.4) is 0 Å². The average Bonchev–Trinajstić information content (AvgIpc) is 3.30. The van der Waals surface area contributed by atoms with Crippen LogP contribution < -0.4 is 0 Å². The molecule has 0 amide bonds. The molecule has 0 saturated heterocycles. The van der Waals surface area contributed by atoms with Crippen LogP contribution in [0.2, 0.25) is 5.02 Å². The van der Waals surface area contributed by atoms with Crippen molar-refractivity contribution in [1.29, 1.82) is 0 Å². The number of carbonyl (C=O) groups is 1. The third-order valence-corrected chi connectivity index (χ3v) is 5.26. The fourth-order valence-electron chi connectivity index (χ4n) is 2.83. The molecular weight excluding hydrogens is 472 g/mol. The summed E-state index contributed by atoms with van der Waals surface area (Å²) in [7, 11) is 0. The van der Waals surface area contributed by atoms with Gasteiger partial charge in [0.1, 0.15) is 18.1 Å². The largest absolute Gasteiger partial charge is 0.454 e. The monoisotopic (exact) mass is 486 g/mol. The number of ether oxygens (including phenoxy) is 1. The number of hydrogen-bond acceptors (Lipinski definition) is 6. The fraction of sp³-hybridized carbons (Fsp3) is 0.143. The average molecular weight is 488 g/mol. The molecule has 0 saturated carbocycles. The maximum absolute atomic E-state index is 12.5. The summed E-state index contributed by atoms with van der Waals surface area (Å²) in [6.45, 7) is 3.50. The molecule has 0 bridgehead atoms. The van der Waals surface area contributed by atoms with Gasteiger partial charge in [-0.25, -0.2) is 14.5 Å². The number of oxazole rings is 1. The quantitative estimate of drug-likeness (QED) is 0.355. The number of aromatic nitrogens is 4. The minimum atomic E-state index is -0.577. The molecular formula is C21H16BrClN4O3. The molecule has 0 aliphatic heterocycles. The highest BCUT2D eigenvalue weighted by molar-refractivity contribution is 9.10. The third-order valence-electron chi connectivity index (χ3n) is 4.48. The Balaban J connectivity index is 1.48. The molecule has 7 nitrogen and oxygen atoms in total. The first kappa shape index (κ1) is 20.3. The first-order valence-corrected chi connectivity index (χ1v) is 10.2.